The molecule has 2 heterocycles. The molecule has 1 spiro atoms. The molecule has 0 amide bonds. The van der Waals surface area contributed by atoms with Crippen LogP contribution in [0.1, 0.15) is 51.4 Å². The van der Waals surface area contributed by atoms with Crippen LogP contribution in [0.3, 0.4) is 0 Å². The van der Waals surface area contributed by atoms with Gasteiger partial charge in [0.25, 0.3) is 0 Å². The highest BCUT2D eigenvalue weighted by Crippen LogP contribution is 2.57. The molecule has 10 heteroatoms. The van der Waals surface area contributed by atoms with Crippen LogP contribution in [0, 0.1) is 5.41 Å². The van der Waals surface area contributed by atoms with Gasteiger partial charge in [0.1, 0.15) is 0 Å². The van der Waals surface area contributed by atoms with Gasteiger partial charge in [-0.25, -0.2) is 19.3 Å². The molecule has 4 aliphatic rings. The molecule has 4 rings (SSSR count). The lowest BCUT2D eigenvalue weighted by atomic mass is 9.93. The average Bonchev–Trinajstić information content (AvgIpc) is 3.28. The van der Waals surface area contributed by atoms with E-state index in [4.69, 9.17) is 18.1 Å². The molecule has 0 aromatic rings. The van der Waals surface area contributed by atoms with Crippen molar-refractivity contribution in [2.75, 3.05) is 26.4 Å². The normalized spacial score (nSPS) is 43.8. The molecule has 0 aromatic heterocycles. The topological polar surface area (TPSA) is 95.1 Å². The summed E-state index contributed by atoms with van der Waals surface area (Å²) in [5, 5.41) is 6.09. The second kappa shape index (κ2) is 7.33. The van der Waals surface area contributed by atoms with Crippen LogP contribution in [0.4, 0.5) is 0 Å². The van der Waals surface area contributed by atoms with Gasteiger partial charge in [0, 0.05) is 12.1 Å². The minimum atomic E-state index is -3.26. The Balaban J connectivity index is 1.28. The Labute approximate surface area is 148 Å². The van der Waals surface area contributed by atoms with Crippen LogP contribution >= 0.6 is 15.5 Å². The quantitative estimate of drug-likeness (QED) is 0.701. The van der Waals surface area contributed by atoms with Crippen molar-refractivity contribution in [1.82, 2.24) is 10.2 Å². The van der Waals surface area contributed by atoms with Crippen molar-refractivity contribution in [1.29, 1.82) is 0 Å². The summed E-state index contributed by atoms with van der Waals surface area (Å²) in [5.74, 6) is 0. The van der Waals surface area contributed by atoms with Crippen molar-refractivity contribution in [3.05, 3.63) is 0 Å². The fourth-order valence-electron chi connectivity index (χ4n) is 3.92. The third-order valence-electron chi connectivity index (χ3n) is 5.55. The zero-order valence-electron chi connectivity index (χ0n) is 14.5. The highest BCUT2D eigenvalue weighted by Gasteiger charge is 2.49. The molecule has 2 saturated carbocycles. The van der Waals surface area contributed by atoms with E-state index in [0.717, 1.165) is 51.4 Å². The van der Waals surface area contributed by atoms with E-state index in [2.05, 4.69) is 10.2 Å². The predicted molar refractivity (Wildman–Crippen MR) is 92.2 cm³/mol. The minimum Gasteiger partial charge on any atom is -0.296 e. The largest absolute Gasteiger partial charge is 0.405 e. The monoisotopic (exact) mass is 394 g/mol. The van der Waals surface area contributed by atoms with E-state index in [9.17, 15) is 9.13 Å². The summed E-state index contributed by atoms with van der Waals surface area (Å²) in [6.07, 6.45) is 8.60. The molecule has 25 heavy (non-hydrogen) atoms. The molecule has 144 valence electrons. The summed E-state index contributed by atoms with van der Waals surface area (Å²) >= 11 is 0. The average molecular weight is 394 g/mol. The van der Waals surface area contributed by atoms with E-state index in [0.29, 0.717) is 0 Å². The molecule has 0 atom stereocenters. The fraction of sp³-hybridized carbons (Fsp3) is 1.00. The summed E-state index contributed by atoms with van der Waals surface area (Å²) in [6, 6.07) is 0.407. The lowest BCUT2D eigenvalue weighted by molar-refractivity contribution is -0.0725. The Morgan fingerprint density at radius 1 is 0.640 bits per heavy atom. The Hall–Kier alpha value is 0.220. The fourth-order valence-corrected chi connectivity index (χ4v) is 7.55. The smallest absolute Gasteiger partial charge is 0.296 e. The first-order valence-electron chi connectivity index (χ1n) is 9.32. The van der Waals surface area contributed by atoms with Gasteiger partial charge in [0.05, 0.1) is 31.8 Å². The molecule has 4 fully saturated rings. The molecule has 0 unspecified atom stereocenters. The Bertz CT molecular complexity index is 499. The lowest BCUT2D eigenvalue weighted by Crippen LogP contribution is -2.48. The van der Waals surface area contributed by atoms with Crippen LogP contribution in [-0.4, -0.2) is 38.5 Å². The van der Waals surface area contributed by atoms with E-state index in [1.807, 2.05) is 0 Å². The van der Waals surface area contributed by atoms with Gasteiger partial charge in [-0.05, 0) is 25.7 Å². The van der Waals surface area contributed by atoms with Gasteiger partial charge in [0.2, 0.25) is 0 Å². The zero-order valence-corrected chi connectivity index (χ0v) is 16.3. The van der Waals surface area contributed by atoms with Gasteiger partial charge >= 0.3 is 15.5 Å². The third kappa shape index (κ3) is 4.39. The third-order valence-corrected chi connectivity index (χ3v) is 8.79. The van der Waals surface area contributed by atoms with Crippen molar-refractivity contribution in [3.8, 4) is 0 Å². The number of nitrogens with one attached hydrogen (secondary N) is 2. The van der Waals surface area contributed by atoms with Crippen molar-refractivity contribution in [2.45, 2.75) is 63.5 Å². The van der Waals surface area contributed by atoms with Gasteiger partial charge in [-0.1, -0.05) is 25.7 Å². The molecule has 2 saturated heterocycles. The van der Waals surface area contributed by atoms with E-state index >= 15 is 0 Å². The Kier molecular flexibility index (Phi) is 5.44. The van der Waals surface area contributed by atoms with Crippen molar-refractivity contribution >= 4 is 15.5 Å². The minimum absolute atomic E-state index is 0.203. The van der Waals surface area contributed by atoms with Gasteiger partial charge in [0.15, 0.2) is 0 Å². The summed E-state index contributed by atoms with van der Waals surface area (Å²) in [6.45, 7) is 0.863. The van der Waals surface area contributed by atoms with Crippen molar-refractivity contribution in [3.63, 3.8) is 0 Å². The summed E-state index contributed by atoms with van der Waals surface area (Å²) < 4.78 is 47.6. The van der Waals surface area contributed by atoms with Gasteiger partial charge in [-0.3, -0.25) is 18.1 Å². The van der Waals surface area contributed by atoms with Crippen LogP contribution < -0.4 is 10.2 Å². The Morgan fingerprint density at radius 3 is 1.28 bits per heavy atom. The van der Waals surface area contributed by atoms with Crippen LogP contribution in [0.5, 0.6) is 0 Å². The summed E-state index contributed by atoms with van der Waals surface area (Å²) in [7, 11) is -6.51. The molecule has 0 bridgehead atoms. The highest BCUT2D eigenvalue weighted by molar-refractivity contribution is 7.52. The molecular weight excluding hydrogens is 366 g/mol. The molecule has 8 nitrogen and oxygen atoms in total. The first kappa shape index (κ1) is 18.6. The predicted octanol–water partition coefficient (Wildman–Crippen LogP) is 3.35. The molecule has 0 aromatic carbocycles. The standard InChI is InChI=1S/C15H28N2O6P2/c18-24(16-13-5-1-2-6-13)20-9-15(10-21-24)11-22-25(19,23-12-15)17-14-7-3-4-8-14/h13-14H,1-12H2,(H,16,18)(H,17,19). The van der Waals surface area contributed by atoms with Gasteiger partial charge < -0.3 is 0 Å². The Morgan fingerprint density at radius 2 is 0.960 bits per heavy atom. The van der Waals surface area contributed by atoms with E-state index in [1.54, 1.807) is 0 Å². The van der Waals surface area contributed by atoms with Crippen LogP contribution in [0.15, 0.2) is 0 Å². The van der Waals surface area contributed by atoms with Gasteiger partial charge in [-0.2, -0.15) is 0 Å². The highest BCUT2D eigenvalue weighted by atomic mass is 31.2. The van der Waals surface area contributed by atoms with Crippen LogP contribution in [0.2, 0.25) is 0 Å². The first-order chi connectivity index (χ1) is 12.0. The maximum absolute atomic E-state index is 12.7. The number of rotatable bonds is 4. The van der Waals surface area contributed by atoms with Crippen molar-refractivity contribution in [2.24, 2.45) is 5.41 Å². The molecule has 2 aliphatic heterocycles. The number of hydrogen-bond donors (Lipinski definition) is 2. The molecule has 2 aliphatic carbocycles. The van der Waals surface area contributed by atoms with Crippen LogP contribution in [0.25, 0.3) is 0 Å². The lowest BCUT2D eigenvalue weighted by Gasteiger charge is -2.43. The summed E-state index contributed by atoms with van der Waals surface area (Å²) in [5.41, 5.74) is -0.545. The molecule has 2 N–H and O–H groups in total. The zero-order chi connectivity index (χ0) is 17.4. The van der Waals surface area contributed by atoms with Crippen molar-refractivity contribution < 1.29 is 27.2 Å². The van der Waals surface area contributed by atoms with E-state index in [-0.39, 0.29) is 38.5 Å². The number of hydrogen-bond acceptors (Lipinski definition) is 6. The van der Waals surface area contributed by atoms with E-state index in [1.165, 1.54) is 0 Å². The molecular formula is C15H28N2O6P2. The summed E-state index contributed by atoms with van der Waals surface area (Å²) in [4.78, 5) is 0. The maximum atomic E-state index is 12.7. The first-order valence-corrected chi connectivity index (χ1v) is 12.4. The SMILES string of the molecule is O=P1(NC2CCCC2)OCC2(CO1)COP(=O)(NC1CCCC1)OC2. The second-order valence-corrected chi connectivity index (χ2v) is 11.3. The van der Waals surface area contributed by atoms with Gasteiger partial charge in [-0.15, -0.1) is 0 Å². The maximum Gasteiger partial charge on any atom is 0.405 e. The second-order valence-electron chi connectivity index (χ2n) is 7.81. The van der Waals surface area contributed by atoms with E-state index < -0.39 is 20.9 Å². The van der Waals surface area contributed by atoms with Crippen LogP contribution in [-0.2, 0) is 27.2 Å². The molecule has 0 radical (unpaired) electrons.